The number of aromatic nitrogens is 2. The van der Waals surface area contributed by atoms with Crippen LogP contribution in [0.1, 0.15) is 63.7 Å². The van der Waals surface area contributed by atoms with Crippen molar-refractivity contribution in [3.8, 4) is 0 Å². The number of hydrogen-bond acceptors (Lipinski definition) is 5. The molecule has 2 aromatic rings. The highest BCUT2D eigenvalue weighted by Gasteiger charge is 2.29. The number of carbonyl (C=O) groups is 2. The summed E-state index contributed by atoms with van der Waals surface area (Å²) in [5.41, 5.74) is 2.43. The number of nitrogens with one attached hydrogen (secondary N) is 1. The van der Waals surface area contributed by atoms with Crippen molar-refractivity contribution in [1.82, 2.24) is 9.78 Å². The number of nitrogens with zero attached hydrogens (tertiary/aromatic N) is 2. The Bertz CT molecular complexity index is 856. The highest BCUT2D eigenvalue weighted by atomic mass is 35.5. The second-order valence-corrected chi connectivity index (χ2v) is 7.64. The number of aryl methyl sites for hydroxylation is 3. The number of hydrogen-bond donors (Lipinski definition) is 1. The molecule has 0 saturated carbocycles. The smallest absolute Gasteiger partial charge is 0.341 e. The van der Waals surface area contributed by atoms with Crippen molar-refractivity contribution in [3.05, 3.63) is 32.4 Å². The monoisotopic (exact) mass is 395 g/mol. The Morgan fingerprint density at radius 3 is 2.73 bits per heavy atom. The SMILES string of the molecule is CCOC(=O)c1c(NC(=O)c2c(Cl)c(C)nn2CC)sc2c1CCCC2. The van der Waals surface area contributed by atoms with Gasteiger partial charge in [-0.3, -0.25) is 9.48 Å². The van der Waals surface area contributed by atoms with Gasteiger partial charge in [-0.1, -0.05) is 11.6 Å². The van der Waals surface area contributed by atoms with Crippen molar-refractivity contribution in [2.75, 3.05) is 11.9 Å². The van der Waals surface area contributed by atoms with Crippen LogP contribution in [0.15, 0.2) is 0 Å². The number of carbonyl (C=O) groups excluding carboxylic acids is 2. The molecule has 26 heavy (non-hydrogen) atoms. The average molecular weight is 396 g/mol. The molecule has 140 valence electrons. The van der Waals surface area contributed by atoms with Crippen molar-refractivity contribution in [2.24, 2.45) is 0 Å². The van der Waals surface area contributed by atoms with E-state index in [1.165, 1.54) is 11.3 Å². The van der Waals surface area contributed by atoms with Gasteiger partial charge in [-0.05, 0) is 52.0 Å². The lowest BCUT2D eigenvalue weighted by Gasteiger charge is -2.12. The minimum absolute atomic E-state index is 0.296. The predicted molar refractivity (Wildman–Crippen MR) is 103 cm³/mol. The van der Waals surface area contributed by atoms with Crippen molar-refractivity contribution in [3.63, 3.8) is 0 Å². The molecular weight excluding hydrogens is 374 g/mol. The summed E-state index contributed by atoms with van der Waals surface area (Å²) in [5, 5.41) is 8.04. The molecule has 2 aromatic heterocycles. The fourth-order valence-electron chi connectivity index (χ4n) is 3.24. The Kier molecular flexibility index (Phi) is 5.67. The van der Waals surface area contributed by atoms with Gasteiger partial charge in [-0.25, -0.2) is 4.79 Å². The second-order valence-electron chi connectivity index (χ2n) is 6.15. The number of halogens is 1. The Labute approximate surface area is 161 Å². The summed E-state index contributed by atoms with van der Waals surface area (Å²) in [5.74, 6) is -0.741. The summed E-state index contributed by atoms with van der Waals surface area (Å²) in [6, 6.07) is 0. The van der Waals surface area contributed by atoms with Crippen LogP contribution < -0.4 is 5.32 Å². The molecule has 1 amide bonds. The number of esters is 1. The largest absolute Gasteiger partial charge is 0.462 e. The van der Waals surface area contributed by atoms with Crippen LogP contribution in [0.25, 0.3) is 0 Å². The van der Waals surface area contributed by atoms with E-state index in [1.807, 2.05) is 6.92 Å². The van der Waals surface area contributed by atoms with Crippen LogP contribution in [-0.2, 0) is 24.1 Å². The van der Waals surface area contributed by atoms with E-state index >= 15 is 0 Å². The molecule has 0 aliphatic heterocycles. The normalized spacial score (nSPS) is 13.4. The van der Waals surface area contributed by atoms with Gasteiger partial charge in [0.2, 0.25) is 0 Å². The highest BCUT2D eigenvalue weighted by molar-refractivity contribution is 7.17. The maximum Gasteiger partial charge on any atom is 0.341 e. The Balaban J connectivity index is 1.98. The lowest BCUT2D eigenvalue weighted by Crippen LogP contribution is -2.19. The number of rotatable bonds is 5. The van der Waals surface area contributed by atoms with Crippen LogP contribution >= 0.6 is 22.9 Å². The lowest BCUT2D eigenvalue weighted by atomic mass is 9.95. The minimum atomic E-state index is -0.381. The van der Waals surface area contributed by atoms with Crippen molar-refractivity contribution in [2.45, 2.75) is 53.0 Å². The molecule has 0 spiro atoms. The summed E-state index contributed by atoms with van der Waals surface area (Å²) >= 11 is 7.73. The summed E-state index contributed by atoms with van der Waals surface area (Å²) in [6.07, 6.45) is 3.89. The maximum atomic E-state index is 12.9. The molecule has 1 aliphatic rings. The Morgan fingerprint density at radius 2 is 2.04 bits per heavy atom. The zero-order valence-electron chi connectivity index (χ0n) is 15.1. The Morgan fingerprint density at radius 1 is 1.31 bits per heavy atom. The van der Waals surface area contributed by atoms with E-state index in [4.69, 9.17) is 16.3 Å². The predicted octanol–water partition coefficient (Wildman–Crippen LogP) is 4.23. The molecule has 0 bridgehead atoms. The average Bonchev–Trinajstić information content (AvgIpc) is 3.12. The summed E-state index contributed by atoms with van der Waals surface area (Å²) in [7, 11) is 0. The summed E-state index contributed by atoms with van der Waals surface area (Å²) in [4.78, 5) is 26.5. The van der Waals surface area contributed by atoms with Crippen LogP contribution in [0.4, 0.5) is 5.00 Å². The molecule has 0 atom stereocenters. The zero-order valence-corrected chi connectivity index (χ0v) is 16.7. The van der Waals surface area contributed by atoms with Gasteiger partial charge in [0, 0.05) is 11.4 Å². The maximum absolute atomic E-state index is 12.9. The molecule has 0 unspecified atom stereocenters. The van der Waals surface area contributed by atoms with Gasteiger partial charge < -0.3 is 10.1 Å². The van der Waals surface area contributed by atoms with E-state index in [9.17, 15) is 9.59 Å². The van der Waals surface area contributed by atoms with Gasteiger partial charge in [-0.2, -0.15) is 5.10 Å². The third-order valence-electron chi connectivity index (χ3n) is 4.45. The number of anilines is 1. The number of thiophene rings is 1. The second kappa shape index (κ2) is 7.80. The van der Waals surface area contributed by atoms with Crippen molar-refractivity contribution < 1.29 is 14.3 Å². The fraction of sp³-hybridized carbons (Fsp3) is 0.500. The van der Waals surface area contributed by atoms with Crippen LogP contribution in [-0.4, -0.2) is 28.3 Å². The molecule has 0 aromatic carbocycles. The molecule has 2 heterocycles. The molecule has 0 fully saturated rings. The molecular formula is C18H22ClN3O3S. The summed E-state index contributed by atoms with van der Waals surface area (Å²) in [6.45, 7) is 6.26. The topological polar surface area (TPSA) is 73.2 Å². The van der Waals surface area contributed by atoms with Crippen LogP contribution in [0, 0.1) is 6.92 Å². The van der Waals surface area contributed by atoms with Gasteiger partial charge in [0.25, 0.3) is 5.91 Å². The first-order valence-electron chi connectivity index (χ1n) is 8.83. The van der Waals surface area contributed by atoms with Gasteiger partial charge in [0.15, 0.2) is 0 Å². The molecule has 8 heteroatoms. The molecule has 0 radical (unpaired) electrons. The third kappa shape index (κ3) is 3.38. The van der Waals surface area contributed by atoms with E-state index in [1.54, 1.807) is 18.5 Å². The third-order valence-corrected chi connectivity index (χ3v) is 6.11. The van der Waals surface area contributed by atoms with E-state index in [2.05, 4.69) is 10.4 Å². The molecule has 3 rings (SSSR count). The standard InChI is InChI=1S/C18H22ClN3O3S/c1-4-22-15(14(19)10(3)21-22)16(23)20-17-13(18(24)25-5-2)11-8-6-7-9-12(11)26-17/h4-9H2,1-3H3,(H,20,23). The number of amides is 1. The van der Waals surface area contributed by atoms with E-state index in [0.29, 0.717) is 40.1 Å². The first kappa shape index (κ1) is 18.9. The lowest BCUT2D eigenvalue weighted by molar-refractivity contribution is 0.0526. The minimum Gasteiger partial charge on any atom is -0.462 e. The molecule has 6 nitrogen and oxygen atoms in total. The first-order chi connectivity index (χ1) is 12.5. The van der Waals surface area contributed by atoms with Crippen LogP contribution in [0.5, 0.6) is 0 Å². The quantitative estimate of drug-likeness (QED) is 0.768. The molecule has 1 N–H and O–H groups in total. The van der Waals surface area contributed by atoms with Gasteiger partial charge >= 0.3 is 5.97 Å². The van der Waals surface area contributed by atoms with Crippen molar-refractivity contribution >= 4 is 39.8 Å². The zero-order chi connectivity index (χ0) is 18.8. The molecule has 0 saturated heterocycles. The van der Waals surface area contributed by atoms with Crippen molar-refractivity contribution in [1.29, 1.82) is 0 Å². The van der Waals surface area contributed by atoms with Gasteiger partial charge in [-0.15, -0.1) is 11.3 Å². The highest BCUT2D eigenvalue weighted by Crippen LogP contribution is 2.39. The van der Waals surface area contributed by atoms with E-state index < -0.39 is 0 Å². The molecule has 1 aliphatic carbocycles. The number of fused-ring (bicyclic) bond motifs is 1. The van der Waals surface area contributed by atoms with E-state index in [-0.39, 0.29) is 11.9 Å². The van der Waals surface area contributed by atoms with Gasteiger partial charge in [0.1, 0.15) is 10.7 Å². The fourth-order valence-corrected chi connectivity index (χ4v) is 4.73. The number of ether oxygens (including phenoxy) is 1. The summed E-state index contributed by atoms with van der Waals surface area (Å²) < 4.78 is 6.80. The van der Waals surface area contributed by atoms with E-state index in [0.717, 1.165) is 36.1 Å². The van der Waals surface area contributed by atoms with Gasteiger partial charge in [0.05, 0.1) is 22.9 Å². The first-order valence-corrected chi connectivity index (χ1v) is 10.0. The Hall–Kier alpha value is -1.86. The van der Waals surface area contributed by atoms with Crippen LogP contribution in [0.2, 0.25) is 5.02 Å². The van der Waals surface area contributed by atoms with Crippen LogP contribution in [0.3, 0.4) is 0 Å².